The van der Waals surface area contributed by atoms with E-state index >= 15 is 0 Å². The van der Waals surface area contributed by atoms with E-state index < -0.39 is 11.7 Å². The molecule has 0 radical (unpaired) electrons. The summed E-state index contributed by atoms with van der Waals surface area (Å²) in [5.74, 6) is 0.308. The number of hydrogen-bond acceptors (Lipinski definition) is 4. The van der Waals surface area contributed by atoms with Crippen molar-refractivity contribution in [2.75, 3.05) is 11.9 Å². The molecule has 7 heteroatoms. The first-order chi connectivity index (χ1) is 13.0. The second-order valence-electron chi connectivity index (χ2n) is 6.05. The molecule has 27 heavy (non-hydrogen) atoms. The lowest BCUT2D eigenvalue weighted by molar-refractivity contribution is -0.137. The molecule has 2 aromatic carbocycles. The Bertz CT molecular complexity index is 868. The largest absolute Gasteiger partial charge is 0.416 e. The molecule has 1 aromatic heterocycles. The van der Waals surface area contributed by atoms with Gasteiger partial charge in [0.25, 0.3) is 0 Å². The van der Waals surface area contributed by atoms with E-state index in [0.717, 1.165) is 17.7 Å². The zero-order chi connectivity index (χ0) is 19.3. The van der Waals surface area contributed by atoms with Crippen molar-refractivity contribution < 1.29 is 18.3 Å². The Morgan fingerprint density at radius 3 is 2.30 bits per heavy atom. The minimum Gasteiger partial charge on any atom is -0.394 e. The van der Waals surface area contributed by atoms with Crippen molar-refractivity contribution in [3.05, 3.63) is 78.0 Å². The van der Waals surface area contributed by atoms with Crippen LogP contribution in [0.3, 0.4) is 0 Å². The second-order valence-corrected chi connectivity index (χ2v) is 6.05. The molecule has 1 heterocycles. The van der Waals surface area contributed by atoms with Crippen LogP contribution in [0.4, 0.5) is 19.1 Å². The number of aliphatic hydroxyl groups excluding tert-OH is 1. The summed E-state index contributed by atoms with van der Waals surface area (Å²) in [4.78, 5) is 8.49. The Balaban J connectivity index is 1.74. The van der Waals surface area contributed by atoms with Crippen LogP contribution in [-0.4, -0.2) is 27.7 Å². The van der Waals surface area contributed by atoms with Gasteiger partial charge in [-0.05, 0) is 30.2 Å². The summed E-state index contributed by atoms with van der Waals surface area (Å²) in [6, 6.07) is 15.8. The van der Waals surface area contributed by atoms with E-state index in [1.807, 2.05) is 30.3 Å². The summed E-state index contributed by atoms with van der Waals surface area (Å²) >= 11 is 0. The molecule has 0 unspecified atom stereocenters. The Hall–Kier alpha value is -2.93. The highest BCUT2D eigenvalue weighted by molar-refractivity contribution is 5.60. The van der Waals surface area contributed by atoms with Gasteiger partial charge in [0.1, 0.15) is 0 Å². The molecule has 0 saturated carbocycles. The van der Waals surface area contributed by atoms with Crippen LogP contribution in [0.1, 0.15) is 11.1 Å². The smallest absolute Gasteiger partial charge is 0.394 e. The minimum atomic E-state index is -4.37. The third-order valence-corrected chi connectivity index (χ3v) is 4.04. The number of alkyl halides is 3. The van der Waals surface area contributed by atoms with E-state index in [1.54, 1.807) is 6.07 Å². The first-order valence-electron chi connectivity index (χ1n) is 8.37. The fourth-order valence-corrected chi connectivity index (χ4v) is 2.66. The van der Waals surface area contributed by atoms with Crippen LogP contribution in [0.15, 0.2) is 66.9 Å². The van der Waals surface area contributed by atoms with Crippen LogP contribution in [0.2, 0.25) is 0 Å². The van der Waals surface area contributed by atoms with Gasteiger partial charge in [0.2, 0.25) is 5.95 Å². The molecule has 0 aliphatic carbocycles. The number of rotatable bonds is 6. The number of benzene rings is 2. The van der Waals surface area contributed by atoms with Gasteiger partial charge in [-0.25, -0.2) is 9.97 Å². The molecular weight excluding hydrogens is 355 g/mol. The Morgan fingerprint density at radius 2 is 1.67 bits per heavy atom. The lowest BCUT2D eigenvalue weighted by Crippen LogP contribution is -2.27. The highest BCUT2D eigenvalue weighted by Gasteiger charge is 2.30. The van der Waals surface area contributed by atoms with Crippen LogP contribution in [0.25, 0.3) is 11.3 Å². The predicted octanol–water partition coefficient (Wildman–Crippen LogP) is 4.18. The number of nitrogens with zero attached hydrogens (tertiary/aromatic N) is 2. The van der Waals surface area contributed by atoms with Crippen molar-refractivity contribution >= 4 is 5.95 Å². The zero-order valence-electron chi connectivity index (χ0n) is 14.3. The summed E-state index contributed by atoms with van der Waals surface area (Å²) in [6.07, 6.45) is -2.26. The number of halogens is 3. The van der Waals surface area contributed by atoms with Crippen molar-refractivity contribution in [3.8, 4) is 11.3 Å². The summed E-state index contributed by atoms with van der Waals surface area (Å²) < 4.78 is 38.1. The summed E-state index contributed by atoms with van der Waals surface area (Å²) in [5.41, 5.74) is 1.40. The van der Waals surface area contributed by atoms with Gasteiger partial charge in [0, 0.05) is 11.8 Å². The second kappa shape index (κ2) is 8.18. The van der Waals surface area contributed by atoms with Gasteiger partial charge in [0.15, 0.2) is 0 Å². The van der Waals surface area contributed by atoms with Crippen LogP contribution < -0.4 is 5.32 Å². The minimum absolute atomic E-state index is 0.108. The molecule has 0 aliphatic rings. The number of nitrogens with one attached hydrogen (secondary N) is 1. The molecule has 0 spiro atoms. The average Bonchev–Trinajstić information content (AvgIpc) is 2.68. The molecule has 140 valence electrons. The van der Waals surface area contributed by atoms with E-state index in [9.17, 15) is 18.3 Å². The van der Waals surface area contributed by atoms with Crippen LogP contribution >= 0.6 is 0 Å². The van der Waals surface area contributed by atoms with Crippen LogP contribution in [-0.2, 0) is 12.6 Å². The Morgan fingerprint density at radius 1 is 0.963 bits per heavy atom. The van der Waals surface area contributed by atoms with Crippen molar-refractivity contribution in [2.24, 2.45) is 0 Å². The molecule has 2 N–H and O–H groups in total. The van der Waals surface area contributed by atoms with Gasteiger partial charge in [-0.2, -0.15) is 13.2 Å². The molecule has 0 bridgehead atoms. The topological polar surface area (TPSA) is 58.0 Å². The number of anilines is 1. The SMILES string of the molecule is OC[C@H](Cc1ccccc1)Nc1nccc(-c2ccc(C(F)(F)F)cc2)n1. The lowest BCUT2D eigenvalue weighted by atomic mass is 10.1. The molecule has 1 atom stereocenters. The van der Waals surface area contributed by atoms with Gasteiger partial charge in [-0.15, -0.1) is 0 Å². The molecule has 3 rings (SSSR count). The summed E-state index contributed by atoms with van der Waals surface area (Å²) in [6.45, 7) is -0.108. The summed E-state index contributed by atoms with van der Waals surface area (Å²) in [7, 11) is 0. The van der Waals surface area contributed by atoms with Gasteiger partial charge >= 0.3 is 6.18 Å². The molecule has 0 fully saturated rings. The molecule has 0 saturated heterocycles. The normalized spacial score (nSPS) is 12.6. The highest BCUT2D eigenvalue weighted by Crippen LogP contribution is 2.30. The highest BCUT2D eigenvalue weighted by atomic mass is 19.4. The van der Waals surface area contributed by atoms with E-state index in [4.69, 9.17) is 0 Å². The quantitative estimate of drug-likeness (QED) is 0.681. The van der Waals surface area contributed by atoms with E-state index in [1.165, 1.54) is 18.3 Å². The number of aromatic nitrogens is 2. The molecule has 0 aliphatic heterocycles. The molecule has 3 aromatic rings. The fourth-order valence-electron chi connectivity index (χ4n) is 2.66. The maximum absolute atomic E-state index is 12.7. The number of aliphatic hydroxyl groups is 1. The van der Waals surface area contributed by atoms with Gasteiger partial charge in [0.05, 0.1) is 23.9 Å². The summed E-state index contributed by atoms with van der Waals surface area (Å²) in [5, 5.41) is 12.7. The van der Waals surface area contributed by atoms with Crippen LogP contribution in [0.5, 0.6) is 0 Å². The van der Waals surface area contributed by atoms with Crippen molar-refractivity contribution in [1.82, 2.24) is 9.97 Å². The molecular formula is C20H18F3N3O. The van der Waals surface area contributed by atoms with E-state index in [0.29, 0.717) is 23.6 Å². The lowest BCUT2D eigenvalue weighted by Gasteiger charge is -2.16. The van der Waals surface area contributed by atoms with Gasteiger partial charge < -0.3 is 10.4 Å². The first-order valence-corrected chi connectivity index (χ1v) is 8.37. The van der Waals surface area contributed by atoms with Crippen molar-refractivity contribution in [2.45, 2.75) is 18.6 Å². The van der Waals surface area contributed by atoms with Crippen molar-refractivity contribution in [1.29, 1.82) is 0 Å². The Kier molecular flexibility index (Phi) is 5.71. The maximum Gasteiger partial charge on any atom is 0.416 e. The third-order valence-electron chi connectivity index (χ3n) is 4.04. The number of hydrogen-bond donors (Lipinski definition) is 2. The molecule has 0 amide bonds. The standard InChI is InChI=1S/C20H18F3N3O/c21-20(22,23)16-8-6-15(7-9-16)18-10-11-24-19(26-18)25-17(13-27)12-14-4-2-1-3-5-14/h1-11,17,27H,12-13H2,(H,24,25,26)/t17-/m0/s1. The molecule has 4 nitrogen and oxygen atoms in total. The van der Waals surface area contributed by atoms with Crippen LogP contribution in [0, 0.1) is 0 Å². The fraction of sp³-hybridized carbons (Fsp3) is 0.200. The van der Waals surface area contributed by atoms with Crippen molar-refractivity contribution in [3.63, 3.8) is 0 Å². The predicted molar refractivity (Wildman–Crippen MR) is 97.1 cm³/mol. The van der Waals surface area contributed by atoms with E-state index in [-0.39, 0.29) is 12.6 Å². The average molecular weight is 373 g/mol. The van der Waals surface area contributed by atoms with Gasteiger partial charge in [-0.3, -0.25) is 0 Å². The monoisotopic (exact) mass is 373 g/mol. The van der Waals surface area contributed by atoms with Gasteiger partial charge in [-0.1, -0.05) is 42.5 Å². The zero-order valence-corrected chi connectivity index (χ0v) is 14.3. The third kappa shape index (κ3) is 5.04. The maximum atomic E-state index is 12.7. The Labute approximate surface area is 154 Å². The van der Waals surface area contributed by atoms with E-state index in [2.05, 4.69) is 15.3 Å². The first kappa shape index (κ1) is 18.8.